The van der Waals surface area contributed by atoms with E-state index >= 15 is 0 Å². The highest BCUT2D eigenvalue weighted by atomic mass is 16.5. The highest BCUT2D eigenvalue weighted by Gasteiger charge is 2.15. The normalized spacial score (nSPS) is 11.5. The third-order valence-corrected chi connectivity index (χ3v) is 2.75. The number of methoxy groups -OCH3 is 1. The third-order valence-electron chi connectivity index (χ3n) is 2.75. The summed E-state index contributed by atoms with van der Waals surface area (Å²) in [5.41, 5.74) is -0.0293. The minimum absolute atomic E-state index is 0.154. The monoisotopic (exact) mass is 280 g/mol. The lowest BCUT2D eigenvalue weighted by Gasteiger charge is -2.10. The van der Waals surface area contributed by atoms with Crippen LogP contribution in [-0.4, -0.2) is 34.4 Å². The Morgan fingerprint density at radius 1 is 1.20 bits per heavy atom. The van der Waals surface area contributed by atoms with E-state index in [9.17, 15) is 14.7 Å². The summed E-state index contributed by atoms with van der Waals surface area (Å²) in [4.78, 5) is 21.3. The van der Waals surface area contributed by atoms with Gasteiger partial charge in [0.25, 0.3) is 0 Å². The number of rotatable bonds is 7. The lowest BCUT2D eigenvalue weighted by atomic mass is 10.0. The molecule has 1 rings (SSSR count). The largest absolute Gasteiger partial charge is 0.497 e. The van der Waals surface area contributed by atoms with E-state index in [1.807, 2.05) is 0 Å². The van der Waals surface area contributed by atoms with Gasteiger partial charge in [-0.3, -0.25) is 0 Å². The second-order valence-corrected chi connectivity index (χ2v) is 4.09. The zero-order valence-electron chi connectivity index (χ0n) is 10.9. The van der Waals surface area contributed by atoms with Gasteiger partial charge in [0.2, 0.25) is 0 Å². The predicted molar refractivity (Wildman–Crippen MR) is 70.5 cm³/mol. The molecule has 0 aliphatic carbocycles. The highest BCUT2D eigenvalue weighted by Crippen LogP contribution is 2.21. The fourth-order valence-corrected chi connectivity index (χ4v) is 1.64. The van der Waals surface area contributed by atoms with Gasteiger partial charge in [0.1, 0.15) is 11.3 Å². The number of ether oxygens (including phenoxy) is 1. The molecule has 1 aromatic carbocycles. The van der Waals surface area contributed by atoms with Gasteiger partial charge in [-0.15, -0.1) is 0 Å². The lowest BCUT2D eigenvalue weighted by molar-refractivity contribution is -0.140. The molecule has 0 aliphatic rings. The van der Waals surface area contributed by atoms with Crippen LogP contribution in [0.15, 0.2) is 35.9 Å². The third kappa shape index (κ3) is 4.40. The Morgan fingerprint density at radius 3 is 2.20 bits per heavy atom. The molecule has 6 nitrogen and oxygen atoms in total. The fraction of sp³-hybridized carbons (Fsp3) is 0.286. The van der Waals surface area contributed by atoms with Crippen LogP contribution in [-0.2, 0) is 9.59 Å². The van der Waals surface area contributed by atoms with Crippen molar-refractivity contribution in [1.29, 1.82) is 0 Å². The Balaban J connectivity index is 2.62. The summed E-state index contributed by atoms with van der Waals surface area (Å²) < 4.78 is 4.99. The maximum absolute atomic E-state index is 10.6. The summed E-state index contributed by atoms with van der Waals surface area (Å²) in [5, 5.41) is 27.2. The number of benzene rings is 1. The van der Waals surface area contributed by atoms with E-state index in [2.05, 4.69) is 0 Å². The maximum atomic E-state index is 10.6. The Labute approximate surface area is 115 Å². The van der Waals surface area contributed by atoms with Crippen LogP contribution >= 0.6 is 0 Å². The van der Waals surface area contributed by atoms with Crippen molar-refractivity contribution in [2.75, 3.05) is 7.11 Å². The van der Waals surface area contributed by atoms with Crippen LogP contribution in [0, 0.1) is 0 Å². The average molecular weight is 280 g/mol. The maximum Gasteiger partial charge on any atom is 0.342 e. The second kappa shape index (κ2) is 7.30. The number of hydrogen-bond acceptors (Lipinski definition) is 4. The number of allylic oxidation sites excluding steroid dienone is 1. The summed E-state index contributed by atoms with van der Waals surface area (Å²) in [6.07, 6.45) is 0.690. The molecule has 0 heterocycles. The molecule has 1 aromatic rings. The molecule has 0 aromatic heterocycles. The lowest BCUT2D eigenvalue weighted by Crippen LogP contribution is -2.11. The minimum atomic E-state index is -1.49. The van der Waals surface area contributed by atoms with Gasteiger partial charge < -0.3 is 20.1 Å². The average Bonchev–Trinajstić information content (AvgIpc) is 2.42. The number of carboxylic acids is 2. The molecule has 6 heteroatoms. The molecule has 0 radical (unpaired) electrons. The molecule has 0 aliphatic heterocycles. The van der Waals surface area contributed by atoms with Crippen LogP contribution in [0.3, 0.4) is 0 Å². The number of hydrogen-bond donors (Lipinski definition) is 3. The van der Waals surface area contributed by atoms with Crippen molar-refractivity contribution in [2.45, 2.75) is 18.9 Å². The molecule has 3 N–H and O–H groups in total. The summed E-state index contributed by atoms with van der Waals surface area (Å²) in [6, 6.07) is 6.80. The number of aliphatic hydroxyl groups excluding tert-OH is 1. The van der Waals surface area contributed by atoms with Crippen molar-refractivity contribution >= 4 is 11.9 Å². The first kappa shape index (κ1) is 15.7. The molecule has 108 valence electrons. The molecule has 1 unspecified atom stereocenters. The van der Waals surface area contributed by atoms with E-state index in [4.69, 9.17) is 14.9 Å². The molecule has 0 spiro atoms. The summed E-state index contributed by atoms with van der Waals surface area (Å²) in [7, 11) is 1.54. The van der Waals surface area contributed by atoms with Gasteiger partial charge in [-0.1, -0.05) is 18.2 Å². The number of carboxylic acid groups (broad SMARTS) is 2. The van der Waals surface area contributed by atoms with Crippen molar-refractivity contribution in [3.63, 3.8) is 0 Å². The van der Waals surface area contributed by atoms with Crippen molar-refractivity contribution in [2.24, 2.45) is 0 Å². The zero-order chi connectivity index (χ0) is 15.1. The van der Waals surface area contributed by atoms with Crippen molar-refractivity contribution in [1.82, 2.24) is 0 Å². The van der Waals surface area contributed by atoms with E-state index in [0.29, 0.717) is 11.3 Å². The Kier molecular flexibility index (Phi) is 5.74. The van der Waals surface area contributed by atoms with E-state index in [-0.39, 0.29) is 12.8 Å². The molecule has 0 bridgehead atoms. The van der Waals surface area contributed by atoms with Crippen LogP contribution < -0.4 is 4.74 Å². The van der Waals surface area contributed by atoms with Gasteiger partial charge in [0, 0.05) is 0 Å². The van der Waals surface area contributed by atoms with Gasteiger partial charge in [-0.25, -0.2) is 9.59 Å². The van der Waals surface area contributed by atoms with Crippen molar-refractivity contribution in [3.8, 4) is 5.75 Å². The van der Waals surface area contributed by atoms with Crippen LogP contribution in [0.25, 0.3) is 0 Å². The molecule has 0 fully saturated rings. The van der Waals surface area contributed by atoms with Gasteiger partial charge in [0.15, 0.2) is 0 Å². The second-order valence-electron chi connectivity index (χ2n) is 4.09. The number of carbonyl (C=O) groups is 2. The Morgan fingerprint density at radius 2 is 1.75 bits per heavy atom. The fourth-order valence-electron chi connectivity index (χ4n) is 1.64. The van der Waals surface area contributed by atoms with Crippen LogP contribution in [0.2, 0.25) is 0 Å². The molecule has 0 amide bonds. The SMILES string of the molecule is COc1ccc(C(O)CCC=C(C(=O)O)C(=O)O)cc1. The smallest absolute Gasteiger partial charge is 0.342 e. The standard InChI is InChI=1S/C14H16O6/c1-20-10-7-5-9(6-8-10)12(15)4-2-3-11(13(16)17)14(18)19/h3,5-8,12,15H,2,4H2,1H3,(H,16,17)(H,18,19). The number of aliphatic carboxylic acids is 2. The van der Waals surface area contributed by atoms with Crippen LogP contribution in [0.1, 0.15) is 24.5 Å². The molecular formula is C14H16O6. The van der Waals surface area contributed by atoms with E-state index in [0.717, 1.165) is 6.08 Å². The van der Waals surface area contributed by atoms with E-state index in [1.165, 1.54) is 7.11 Å². The van der Waals surface area contributed by atoms with Crippen molar-refractivity contribution < 1.29 is 29.6 Å². The summed E-state index contributed by atoms with van der Waals surface area (Å²) in [6.45, 7) is 0. The predicted octanol–water partition coefficient (Wildman–Crippen LogP) is 1.60. The Hall–Kier alpha value is -2.34. The van der Waals surface area contributed by atoms with Gasteiger partial charge in [-0.2, -0.15) is 0 Å². The minimum Gasteiger partial charge on any atom is -0.497 e. The molecule has 0 saturated carbocycles. The van der Waals surface area contributed by atoms with Gasteiger partial charge in [-0.05, 0) is 30.5 Å². The van der Waals surface area contributed by atoms with E-state index < -0.39 is 23.6 Å². The van der Waals surface area contributed by atoms with Crippen LogP contribution in [0.5, 0.6) is 5.75 Å². The summed E-state index contributed by atoms with van der Waals surface area (Å²) in [5.74, 6) is -2.31. The highest BCUT2D eigenvalue weighted by molar-refractivity contribution is 6.12. The quantitative estimate of drug-likeness (QED) is 0.398. The first-order valence-electron chi connectivity index (χ1n) is 5.94. The molecule has 1 atom stereocenters. The van der Waals surface area contributed by atoms with Gasteiger partial charge >= 0.3 is 11.9 Å². The number of aliphatic hydroxyl groups is 1. The zero-order valence-corrected chi connectivity index (χ0v) is 10.9. The van der Waals surface area contributed by atoms with Gasteiger partial charge in [0.05, 0.1) is 13.2 Å². The topological polar surface area (TPSA) is 104 Å². The first-order chi connectivity index (χ1) is 9.45. The van der Waals surface area contributed by atoms with Crippen molar-refractivity contribution in [3.05, 3.63) is 41.5 Å². The molecule has 20 heavy (non-hydrogen) atoms. The molecular weight excluding hydrogens is 264 g/mol. The Bertz CT molecular complexity index is 487. The first-order valence-corrected chi connectivity index (χ1v) is 5.94. The van der Waals surface area contributed by atoms with E-state index in [1.54, 1.807) is 24.3 Å². The molecule has 0 saturated heterocycles. The summed E-state index contributed by atoms with van der Waals surface area (Å²) >= 11 is 0. The van der Waals surface area contributed by atoms with Crippen LogP contribution in [0.4, 0.5) is 0 Å².